The van der Waals surface area contributed by atoms with E-state index in [1.165, 1.54) is 17.7 Å². The monoisotopic (exact) mass is 317 g/mol. The van der Waals surface area contributed by atoms with Crippen LogP contribution >= 0.6 is 11.3 Å². The molecule has 3 aromatic rings. The van der Waals surface area contributed by atoms with Gasteiger partial charge in [0.05, 0.1) is 0 Å². The number of aryl methyl sites for hydroxylation is 3. The molecule has 0 atom stereocenters. The Morgan fingerprint density at radius 1 is 1.32 bits per heavy atom. The van der Waals surface area contributed by atoms with Gasteiger partial charge in [0.25, 0.3) is 5.78 Å². The van der Waals surface area contributed by atoms with Crippen molar-refractivity contribution in [2.24, 2.45) is 0 Å². The molecule has 8 nitrogen and oxygen atoms in total. The highest BCUT2D eigenvalue weighted by Crippen LogP contribution is 2.17. The van der Waals surface area contributed by atoms with E-state index in [1.807, 2.05) is 20.8 Å². The van der Waals surface area contributed by atoms with Gasteiger partial charge in [0.2, 0.25) is 11.0 Å². The molecule has 1 N–H and O–H groups in total. The molecule has 0 spiro atoms. The number of anilines is 1. The van der Waals surface area contributed by atoms with Crippen molar-refractivity contribution in [3.05, 3.63) is 28.3 Å². The lowest BCUT2D eigenvalue weighted by Gasteiger charge is -2.09. The largest absolute Gasteiger partial charge is 0.301 e. The van der Waals surface area contributed by atoms with Crippen LogP contribution in [0.15, 0.2) is 6.33 Å². The molecule has 22 heavy (non-hydrogen) atoms. The fourth-order valence-corrected chi connectivity index (χ4v) is 2.89. The molecule has 3 rings (SSSR count). The van der Waals surface area contributed by atoms with Crippen LogP contribution in [0.1, 0.15) is 28.4 Å². The average molecular weight is 317 g/mol. The van der Waals surface area contributed by atoms with Crippen LogP contribution in [0.5, 0.6) is 0 Å². The van der Waals surface area contributed by atoms with E-state index in [1.54, 1.807) is 4.52 Å². The first kappa shape index (κ1) is 14.5. The molecule has 0 saturated heterocycles. The second-order valence-corrected chi connectivity index (χ2v) is 6.09. The van der Waals surface area contributed by atoms with E-state index < -0.39 is 0 Å². The molecule has 3 aromatic heterocycles. The van der Waals surface area contributed by atoms with Gasteiger partial charge >= 0.3 is 0 Å². The predicted molar refractivity (Wildman–Crippen MR) is 81.9 cm³/mol. The van der Waals surface area contributed by atoms with E-state index in [4.69, 9.17) is 0 Å². The quantitative estimate of drug-likeness (QED) is 0.782. The lowest BCUT2D eigenvalue weighted by Crippen LogP contribution is -2.14. The van der Waals surface area contributed by atoms with E-state index in [-0.39, 0.29) is 5.91 Å². The summed E-state index contributed by atoms with van der Waals surface area (Å²) in [5.74, 6) is 0.487. The first-order valence-corrected chi connectivity index (χ1v) is 7.62. The van der Waals surface area contributed by atoms with Gasteiger partial charge in [0, 0.05) is 17.8 Å². The number of rotatable bonds is 4. The van der Waals surface area contributed by atoms with Crippen molar-refractivity contribution < 1.29 is 4.79 Å². The number of carbonyl (C=O) groups is 1. The zero-order valence-corrected chi connectivity index (χ0v) is 13.3. The second-order valence-electron chi connectivity index (χ2n) is 4.91. The van der Waals surface area contributed by atoms with Gasteiger partial charge in [-0.05, 0) is 32.8 Å². The van der Waals surface area contributed by atoms with Crippen LogP contribution in [-0.4, -0.2) is 35.7 Å². The molecule has 0 saturated carbocycles. The van der Waals surface area contributed by atoms with Crippen molar-refractivity contribution in [3.63, 3.8) is 0 Å². The Morgan fingerprint density at radius 2 is 2.14 bits per heavy atom. The zero-order valence-electron chi connectivity index (χ0n) is 12.5. The summed E-state index contributed by atoms with van der Waals surface area (Å²) < 4.78 is 1.69. The summed E-state index contributed by atoms with van der Waals surface area (Å²) >= 11 is 1.36. The van der Waals surface area contributed by atoms with Crippen molar-refractivity contribution in [3.8, 4) is 0 Å². The Kier molecular flexibility index (Phi) is 3.80. The summed E-state index contributed by atoms with van der Waals surface area (Å²) in [5, 5.41) is 16.0. The van der Waals surface area contributed by atoms with Gasteiger partial charge in [-0.1, -0.05) is 11.3 Å². The number of amides is 1. The minimum absolute atomic E-state index is 0.0892. The minimum Gasteiger partial charge on any atom is -0.301 e. The number of nitrogens with one attached hydrogen (secondary N) is 1. The maximum Gasteiger partial charge on any atom is 0.252 e. The first-order chi connectivity index (χ1) is 10.5. The summed E-state index contributed by atoms with van der Waals surface area (Å²) in [5.41, 5.74) is 2.85. The normalized spacial score (nSPS) is 11.0. The third kappa shape index (κ3) is 2.80. The van der Waals surface area contributed by atoms with Crippen molar-refractivity contribution >= 4 is 28.2 Å². The highest BCUT2D eigenvalue weighted by molar-refractivity contribution is 7.15. The van der Waals surface area contributed by atoms with Gasteiger partial charge in [0.1, 0.15) is 11.3 Å². The highest BCUT2D eigenvalue weighted by atomic mass is 32.1. The zero-order chi connectivity index (χ0) is 15.7. The summed E-state index contributed by atoms with van der Waals surface area (Å²) in [4.78, 5) is 20.5. The third-order valence-electron chi connectivity index (χ3n) is 3.36. The molecule has 9 heteroatoms. The smallest absolute Gasteiger partial charge is 0.252 e. The summed E-state index contributed by atoms with van der Waals surface area (Å²) in [6.45, 7) is 5.72. The molecule has 0 fully saturated rings. The van der Waals surface area contributed by atoms with Crippen molar-refractivity contribution in [2.75, 3.05) is 5.32 Å². The molecule has 0 aliphatic heterocycles. The lowest BCUT2D eigenvalue weighted by molar-refractivity contribution is -0.116. The van der Waals surface area contributed by atoms with E-state index in [9.17, 15) is 4.79 Å². The number of aromatic nitrogens is 6. The van der Waals surface area contributed by atoms with Gasteiger partial charge in [-0.25, -0.2) is 9.50 Å². The number of hydrogen-bond donors (Lipinski definition) is 1. The fourth-order valence-electron chi connectivity index (χ4n) is 2.28. The Bertz CT molecular complexity index is 838. The second kappa shape index (κ2) is 5.76. The van der Waals surface area contributed by atoms with Crippen LogP contribution < -0.4 is 5.32 Å². The van der Waals surface area contributed by atoms with Crippen LogP contribution in [0.4, 0.5) is 5.13 Å². The summed E-state index contributed by atoms with van der Waals surface area (Å²) in [7, 11) is 0. The van der Waals surface area contributed by atoms with Crippen LogP contribution in [0, 0.1) is 20.8 Å². The molecular formula is C13H15N7OS. The molecule has 114 valence electrons. The molecule has 0 bridgehead atoms. The van der Waals surface area contributed by atoms with E-state index in [0.29, 0.717) is 23.8 Å². The molecule has 0 aliphatic carbocycles. The number of nitrogens with zero attached hydrogens (tertiary/aromatic N) is 6. The fraction of sp³-hybridized carbons (Fsp3) is 0.385. The molecule has 1 amide bonds. The Morgan fingerprint density at radius 3 is 2.86 bits per heavy atom. The maximum absolute atomic E-state index is 12.0. The van der Waals surface area contributed by atoms with E-state index in [2.05, 4.69) is 30.6 Å². The van der Waals surface area contributed by atoms with Gasteiger partial charge in [-0.3, -0.25) is 4.79 Å². The van der Waals surface area contributed by atoms with Crippen LogP contribution in [-0.2, 0) is 11.2 Å². The summed E-state index contributed by atoms with van der Waals surface area (Å²) in [6.07, 6.45) is 2.41. The Hall–Kier alpha value is -2.42. The van der Waals surface area contributed by atoms with Crippen LogP contribution in [0.25, 0.3) is 5.78 Å². The third-order valence-corrected chi connectivity index (χ3v) is 4.12. The first-order valence-electron chi connectivity index (χ1n) is 6.80. The topological polar surface area (TPSA) is 98.0 Å². The van der Waals surface area contributed by atoms with Gasteiger partial charge in [-0.2, -0.15) is 10.1 Å². The lowest BCUT2D eigenvalue weighted by atomic mass is 10.1. The molecular weight excluding hydrogens is 302 g/mol. The molecule has 0 aliphatic rings. The van der Waals surface area contributed by atoms with E-state index >= 15 is 0 Å². The Balaban J connectivity index is 1.72. The van der Waals surface area contributed by atoms with Crippen LogP contribution in [0.3, 0.4) is 0 Å². The van der Waals surface area contributed by atoms with Crippen molar-refractivity contribution in [1.82, 2.24) is 29.8 Å². The van der Waals surface area contributed by atoms with Gasteiger partial charge in [0.15, 0.2) is 0 Å². The highest BCUT2D eigenvalue weighted by Gasteiger charge is 2.13. The molecule has 0 radical (unpaired) electrons. The molecule has 3 heterocycles. The van der Waals surface area contributed by atoms with Crippen molar-refractivity contribution in [2.45, 2.75) is 33.6 Å². The van der Waals surface area contributed by atoms with Crippen LogP contribution in [0.2, 0.25) is 0 Å². The summed E-state index contributed by atoms with van der Waals surface area (Å²) in [6, 6.07) is 0. The number of fused-ring (bicyclic) bond motifs is 1. The number of carbonyl (C=O) groups excluding carboxylic acids is 1. The van der Waals surface area contributed by atoms with E-state index in [0.717, 1.165) is 22.0 Å². The SMILES string of the molecule is Cc1nnc(NC(=O)CCc2c(C)nc3ncnn3c2C)s1. The van der Waals surface area contributed by atoms with Gasteiger partial charge < -0.3 is 5.32 Å². The standard InChI is InChI=1S/C13H15N7OS/c1-7-10(8(2)20-12(16-7)14-6-15-20)4-5-11(21)17-13-19-18-9(3)22-13/h6H,4-5H2,1-3H3,(H,17,19,21). The van der Waals surface area contributed by atoms with Gasteiger partial charge in [-0.15, -0.1) is 10.2 Å². The molecule has 0 aromatic carbocycles. The minimum atomic E-state index is -0.0892. The maximum atomic E-state index is 12.0. The average Bonchev–Trinajstić information content (AvgIpc) is 3.07. The predicted octanol–water partition coefficient (Wildman–Crippen LogP) is 1.47. The Labute approximate surface area is 130 Å². The molecule has 0 unspecified atom stereocenters. The van der Waals surface area contributed by atoms with Crippen molar-refractivity contribution in [1.29, 1.82) is 0 Å². The number of hydrogen-bond acceptors (Lipinski definition) is 7.